The van der Waals surface area contributed by atoms with Gasteiger partial charge in [-0.2, -0.15) is 8.78 Å². The number of alkyl halides is 2. The topological polar surface area (TPSA) is 37.3 Å². The lowest BCUT2D eigenvalue weighted by atomic mass is 10.0. The van der Waals surface area contributed by atoms with E-state index in [1.807, 2.05) is 31.2 Å². The predicted molar refractivity (Wildman–Crippen MR) is 56.7 cm³/mol. The molecule has 88 valence electrons. The van der Waals surface area contributed by atoms with Crippen molar-refractivity contribution in [3.63, 3.8) is 0 Å². The van der Waals surface area contributed by atoms with Crippen LogP contribution in [-0.4, -0.2) is 17.0 Å². The van der Waals surface area contributed by atoms with E-state index < -0.39 is 18.3 Å². The molecule has 0 spiro atoms. The Bertz CT molecular complexity index is 358. The van der Waals surface area contributed by atoms with Crippen molar-refractivity contribution >= 4 is 5.97 Å². The minimum Gasteiger partial charge on any atom is -0.477 e. The summed E-state index contributed by atoms with van der Waals surface area (Å²) in [6, 6.07) is 7.55. The third kappa shape index (κ3) is 3.61. The van der Waals surface area contributed by atoms with Crippen molar-refractivity contribution in [3.05, 3.63) is 35.4 Å². The van der Waals surface area contributed by atoms with Crippen LogP contribution in [-0.2, 0) is 11.2 Å². The zero-order valence-electron chi connectivity index (χ0n) is 9.04. The van der Waals surface area contributed by atoms with Crippen LogP contribution in [0.2, 0.25) is 0 Å². The third-order valence-corrected chi connectivity index (χ3v) is 2.39. The fraction of sp³-hybridized carbons (Fsp3) is 0.417. The van der Waals surface area contributed by atoms with E-state index in [4.69, 9.17) is 5.11 Å². The molecule has 4 heteroatoms. The van der Waals surface area contributed by atoms with Crippen molar-refractivity contribution in [1.29, 1.82) is 0 Å². The second-order valence-corrected chi connectivity index (χ2v) is 3.85. The van der Waals surface area contributed by atoms with Crippen LogP contribution in [0.5, 0.6) is 0 Å². The molecule has 0 aliphatic heterocycles. The lowest BCUT2D eigenvalue weighted by Gasteiger charge is -2.10. The number of halogens is 2. The Morgan fingerprint density at radius 1 is 1.31 bits per heavy atom. The van der Waals surface area contributed by atoms with Gasteiger partial charge in [0.25, 0.3) is 0 Å². The van der Waals surface area contributed by atoms with Crippen LogP contribution in [0.25, 0.3) is 0 Å². The van der Waals surface area contributed by atoms with E-state index in [0.717, 1.165) is 11.1 Å². The van der Waals surface area contributed by atoms with Gasteiger partial charge in [-0.1, -0.05) is 29.8 Å². The summed E-state index contributed by atoms with van der Waals surface area (Å²) in [6.07, 6.45) is 0.0295. The minimum atomic E-state index is -3.61. The molecule has 0 fully saturated rings. The molecule has 0 saturated heterocycles. The van der Waals surface area contributed by atoms with Crippen LogP contribution in [0.1, 0.15) is 24.0 Å². The number of carbonyl (C=O) groups is 1. The van der Waals surface area contributed by atoms with Crippen molar-refractivity contribution in [2.45, 2.75) is 32.1 Å². The number of carboxylic acids is 1. The maximum atomic E-state index is 12.7. The highest BCUT2D eigenvalue weighted by atomic mass is 19.3. The van der Waals surface area contributed by atoms with Gasteiger partial charge in [-0.3, -0.25) is 0 Å². The first-order chi connectivity index (χ1) is 7.42. The number of aliphatic carboxylic acids is 1. The lowest BCUT2D eigenvalue weighted by molar-refractivity contribution is -0.165. The molecule has 1 rings (SSSR count). The summed E-state index contributed by atoms with van der Waals surface area (Å²) in [7, 11) is 0. The Kier molecular flexibility index (Phi) is 3.99. The molecule has 0 aliphatic carbocycles. The van der Waals surface area contributed by atoms with E-state index in [9.17, 15) is 13.6 Å². The average molecular weight is 228 g/mol. The largest absolute Gasteiger partial charge is 0.477 e. The normalized spacial score (nSPS) is 11.4. The molecule has 1 aromatic carbocycles. The van der Waals surface area contributed by atoms with Crippen molar-refractivity contribution in [3.8, 4) is 0 Å². The van der Waals surface area contributed by atoms with E-state index in [1.165, 1.54) is 0 Å². The van der Waals surface area contributed by atoms with Gasteiger partial charge in [0.1, 0.15) is 0 Å². The molecule has 0 heterocycles. The number of rotatable bonds is 5. The Hall–Kier alpha value is -1.45. The molecule has 0 radical (unpaired) electrons. The van der Waals surface area contributed by atoms with Gasteiger partial charge < -0.3 is 5.11 Å². The Labute approximate surface area is 92.9 Å². The summed E-state index contributed by atoms with van der Waals surface area (Å²) in [5, 5.41) is 8.22. The lowest BCUT2D eigenvalue weighted by Crippen LogP contribution is -2.27. The van der Waals surface area contributed by atoms with Gasteiger partial charge in [0, 0.05) is 6.42 Å². The SMILES string of the molecule is Cc1ccc(CCCC(F)(F)C(=O)O)cc1. The average Bonchev–Trinajstić information content (AvgIpc) is 2.20. The molecular weight excluding hydrogens is 214 g/mol. The molecule has 0 bridgehead atoms. The highest BCUT2D eigenvalue weighted by Gasteiger charge is 2.37. The summed E-state index contributed by atoms with van der Waals surface area (Å²) in [4.78, 5) is 10.2. The van der Waals surface area contributed by atoms with Crippen LogP contribution in [0.15, 0.2) is 24.3 Å². The van der Waals surface area contributed by atoms with Gasteiger partial charge in [0.05, 0.1) is 0 Å². The number of hydrogen-bond donors (Lipinski definition) is 1. The van der Waals surface area contributed by atoms with Crippen LogP contribution >= 0.6 is 0 Å². The third-order valence-electron chi connectivity index (χ3n) is 2.39. The van der Waals surface area contributed by atoms with Crippen molar-refractivity contribution < 1.29 is 18.7 Å². The highest BCUT2D eigenvalue weighted by Crippen LogP contribution is 2.21. The van der Waals surface area contributed by atoms with Crippen molar-refractivity contribution in [2.75, 3.05) is 0 Å². The summed E-state index contributed by atoms with van der Waals surface area (Å²) >= 11 is 0. The van der Waals surface area contributed by atoms with E-state index in [0.29, 0.717) is 6.42 Å². The molecule has 2 nitrogen and oxygen atoms in total. The molecule has 0 aromatic heterocycles. The summed E-state index contributed by atoms with van der Waals surface area (Å²) in [6.45, 7) is 1.95. The first kappa shape index (κ1) is 12.6. The zero-order chi connectivity index (χ0) is 12.2. The van der Waals surface area contributed by atoms with Gasteiger partial charge in [-0.25, -0.2) is 4.79 Å². The first-order valence-electron chi connectivity index (χ1n) is 5.08. The number of carboxylic acid groups (broad SMARTS) is 1. The molecule has 0 aliphatic rings. The van der Waals surface area contributed by atoms with Crippen molar-refractivity contribution in [1.82, 2.24) is 0 Å². The second-order valence-electron chi connectivity index (χ2n) is 3.85. The molecule has 1 N–H and O–H groups in total. The van der Waals surface area contributed by atoms with Crippen molar-refractivity contribution in [2.24, 2.45) is 0 Å². The van der Waals surface area contributed by atoms with Gasteiger partial charge >= 0.3 is 11.9 Å². The van der Waals surface area contributed by atoms with E-state index in [2.05, 4.69) is 0 Å². The van der Waals surface area contributed by atoms with Crippen LogP contribution < -0.4 is 0 Å². The zero-order valence-corrected chi connectivity index (χ0v) is 9.04. The fourth-order valence-electron chi connectivity index (χ4n) is 1.38. The maximum absolute atomic E-state index is 12.7. The molecule has 0 unspecified atom stereocenters. The predicted octanol–water partition coefficient (Wildman–Crippen LogP) is 3.04. The van der Waals surface area contributed by atoms with E-state index in [1.54, 1.807) is 0 Å². The monoisotopic (exact) mass is 228 g/mol. The summed E-state index contributed by atoms with van der Waals surface area (Å²) in [5.74, 6) is -5.65. The highest BCUT2D eigenvalue weighted by molar-refractivity contribution is 5.75. The smallest absolute Gasteiger partial charge is 0.374 e. The molecule has 0 saturated carbocycles. The summed E-state index contributed by atoms with van der Waals surface area (Å²) in [5.41, 5.74) is 2.06. The number of benzene rings is 1. The molecule has 16 heavy (non-hydrogen) atoms. The van der Waals surface area contributed by atoms with Crippen LogP contribution in [0, 0.1) is 6.92 Å². The van der Waals surface area contributed by atoms with Gasteiger partial charge in [0.2, 0.25) is 0 Å². The van der Waals surface area contributed by atoms with E-state index >= 15 is 0 Å². The Balaban J connectivity index is 2.41. The number of aryl methyl sites for hydroxylation is 2. The standard InChI is InChI=1S/C12H14F2O2/c1-9-4-6-10(7-5-9)3-2-8-12(13,14)11(15)16/h4-7H,2-3,8H2,1H3,(H,15,16). The Morgan fingerprint density at radius 3 is 2.38 bits per heavy atom. The van der Waals surface area contributed by atoms with Crippen LogP contribution in [0.3, 0.4) is 0 Å². The quantitative estimate of drug-likeness (QED) is 0.841. The second kappa shape index (κ2) is 5.05. The van der Waals surface area contributed by atoms with E-state index in [-0.39, 0.29) is 6.42 Å². The molecular formula is C12H14F2O2. The minimum absolute atomic E-state index is 0.169. The maximum Gasteiger partial charge on any atom is 0.374 e. The fourth-order valence-corrected chi connectivity index (χ4v) is 1.38. The van der Waals surface area contributed by atoms with Gasteiger partial charge in [-0.15, -0.1) is 0 Å². The van der Waals surface area contributed by atoms with Gasteiger partial charge in [-0.05, 0) is 25.3 Å². The molecule has 1 aromatic rings. The Morgan fingerprint density at radius 2 is 1.88 bits per heavy atom. The van der Waals surface area contributed by atoms with Crippen LogP contribution in [0.4, 0.5) is 8.78 Å². The summed E-state index contributed by atoms with van der Waals surface area (Å²) < 4.78 is 25.4. The van der Waals surface area contributed by atoms with Gasteiger partial charge in [0.15, 0.2) is 0 Å². The molecule has 0 amide bonds. The number of hydrogen-bond acceptors (Lipinski definition) is 1. The first-order valence-corrected chi connectivity index (χ1v) is 5.08. The molecule has 0 atom stereocenters.